The van der Waals surface area contributed by atoms with E-state index in [4.69, 9.17) is 23.8 Å². The van der Waals surface area contributed by atoms with Crippen LogP contribution in [0.1, 0.15) is 11.1 Å². The first-order chi connectivity index (χ1) is 9.65. The van der Waals surface area contributed by atoms with E-state index >= 15 is 0 Å². The van der Waals surface area contributed by atoms with Crippen molar-refractivity contribution in [2.24, 2.45) is 5.10 Å². The number of aryl methyl sites for hydroxylation is 1. The highest BCUT2D eigenvalue weighted by molar-refractivity contribution is 7.80. The number of pyridine rings is 1. The zero-order valence-electron chi connectivity index (χ0n) is 10.8. The Bertz CT molecular complexity index is 628. The molecule has 0 fully saturated rings. The fourth-order valence-electron chi connectivity index (χ4n) is 1.45. The smallest absolute Gasteiger partial charge is 0.191 e. The molecular formula is C14H13ClN4S. The van der Waals surface area contributed by atoms with E-state index in [1.165, 1.54) is 0 Å². The summed E-state index contributed by atoms with van der Waals surface area (Å²) in [5.74, 6) is 0. The number of halogens is 1. The van der Waals surface area contributed by atoms with Gasteiger partial charge in [-0.05, 0) is 42.9 Å². The standard InChI is InChI=1S/C14H13ClN4S/c1-10-4-5-12(7-13(10)15)18-14(20)19-17-9-11-3-2-6-16-8-11/h2-9H,1H3,(H2,18,19,20)/b17-9+. The highest BCUT2D eigenvalue weighted by Crippen LogP contribution is 2.19. The number of benzene rings is 1. The molecule has 2 rings (SSSR count). The zero-order valence-corrected chi connectivity index (χ0v) is 12.4. The van der Waals surface area contributed by atoms with E-state index in [1.54, 1.807) is 18.6 Å². The molecule has 0 aliphatic carbocycles. The molecule has 0 radical (unpaired) electrons. The monoisotopic (exact) mass is 304 g/mol. The molecule has 4 nitrogen and oxygen atoms in total. The van der Waals surface area contributed by atoms with Crippen LogP contribution in [0, 0.1) is 6.92 Å². The molecule has 1 heterocycles. The van der Waals surface area contributed by atoms with Gasteiger partial charge >= 0.3 is 0 Å². The average molecular weight is 305 g/mol. The Morgan fingerprint density at radius 3 is 2.95 bits per heavy atom. The molecule has 1 aromatic heterocycles. The summed E-state index contributed by atoms with van der Waals surface area (Å²) in [5.41, 5.74) is 5.46. The molecule has 0 atom stereocenters. The maximum atomic E-state index is 6.04. The van der Waals surface area contributed by atoms with Crippen molar-refractivity contribution in [3.63, 3.8) is 0 Å². The lowest BCUT2D eigenvalue weighted by Gasteiger charge is -2.08. The Morgan fingerprint density at radius 1 is 1.40 bits per heavy atom. The van der Waals surface area contributed by atoms with E-state index in [-0.39, 0.29) is 0 Å². The van der Waals surface area contributed by atoms with Gasteiger partial charge in [0, 0.05) is 28.7 Å². The molecule has 0 aliphatic rings. The summed E-state index contributed by atoms with van der Waals surface area (Å²) in [5, 5.41) is 8.11. The van der Waals surface area contributed by atoms with Crippen molar-refractivity contribution in [1.29, 1.82) is 0 Å². The minimum atomic E-state index is 0.394. The lowest BCUT2D eigenvalue weighted by atomic mass is 10.2. The van der Waals surface area contributed by atoms with Crippen molar-refractivity contribution in [1.82, 2.24) is 10.4 Å². The van der Waals surface area contributed by atoms with Crippen LogP contribution in [0.15, 0.2) is 47.8 Å². The number of nitrogens with one attached hydrogen (secondary N) is 2. The van der Waals surface area contributed by atoms with E-state index in [0.717, 1.165) is 16.8 Å². The molecule has 0 saturated carbocycles. The van der Waals surface area contributed by atoms with Gasteiger partial charge in [-0.25, -0.2) is 0 Å². The van der Waals surface area contributed by atoms with Crippen LogP contribution in [0.4, 0.5) is 5.69 Å². The molecule has 0 aliphatic heterocycles. The van der Waals surface area contributed by atoms with Crippen LogP contribution in [-0.4, -0.2) is 16.3 Å². The third kappa shape index (κ3) is 4.29. The molecule has 102 valence electrons. The van der Waals surface area contributed by atoms with E-state index in [2.05, 4.69) is 20.8 Å². The Balaban J connectivity index is 1.89. The molecule has 6 heteroatoms. The van der Waals surface area contributed by atoms with Crippen molar-refractivity contribution in [3.8, 4) is 0 Å². The molecule has 2 aromatic rings. The van der Waals surface area contributed by atoms with Crippen molar-refractivity contribution >= 4 is 40.8 Å². The molecule has 0 amide bonds. The van der Waals surface area contributed by atoms with Gasteiger partial charge in [0.25, 0.3) is 0 Å². The third-order valence-electron chi connectivity index (χ3n) is 2.49. The van der Waals surface area contributed by atoms with Crippen molar-refractivity contribution in [2.75, 3.05) is 5.32 Å². The Kier molecular flexibility index (Phi) is 5.03. The molecular weight excluding hydrogens is 292 g/mol. The number of hydrazone groups is 1. The average Bonchev–Trinajstić information content (AvgIpc) is 2.44. The highest BCUT2D eigenvalue weighted by Gasteiger charge is 1.99. The number of hydrogen-bond donors (Lipinski definition) is 2. The van der Waals surface area contributed by atoms with Crippen LogP contribution >= 0.6 is 23.8 Å². The van der Waals surface area contributed by atoms with Crippen LogP contribution in [0.5, 0.6) is 0 Å². The summed E-state index contributed by atoms with van der Waals surface area (Å²) < 4.78 is 0. The summed E-state index contributed by atoms with van der Waals surface area (Å²) in [4.78, 5) is 3.99. The van der Waals surface area contributed by atoms with Crippen LogP contribution in [0.25, 0.3) is 0 Å². The van der Waals surface area contributed by atoms with Crippen LogP contribution in [0.3, 0.4) is 0 Å². The van der Waals surface area contributed by atoms with Gasteiger partial charge in [0.15, 0.2) is 5.11 Å². The second-order valence-corrected chi connectivity index (χ2v) is 4.89. The number of hydrogen-bond acceptors (Lipinski definition) is 3. The summed E-state index contributed by atoms with van der Waals surface area (Å²) in [6, 6.07) is 9.38. The number of aromatic nitrogens is 1. The van der Waals surface area contributed by atoms with Crippen molar-refractivity contribution in [2.45, 2.75) is 6.92 Å². The molecule has 0 bridgehead atoms. The van der Waals surface area contributed by atoms with E-state index in [9.17, 15) is 0 Å². The molecule has 20 heavy (non-hydrogen) atoms. The Hall–Kier alpha value is -1.98. The summed E-state index contributed by atoms with van der Waals surface area (Å²) >= 11 is 11.2. The highest BCUT2D eigenvalue weighted by atomic mass is 35.5. The summed E-state index contributed by atoms with van der Waals surface area (Å²) in [6.45, 7) is 1.95. The first kappa shape index (κ1) is 14.4. The predicted molar refractivity (Wildman–Crippen MR) is 87.4 cm³/mol. The number of rotatable bonds is 3. The molecule has 2 N–H and O–H groups in total. The van der Waals surface area contributed by atoms with Gasteiger partial charge in [-0.1, -0.05) is 23.7 Å². The molecule has 0 spiro atoms. The molecule has 0 saturated heterocycles. The molecule has 1 aromatic carbocycles. The second kappa shape index (κ2) is 6.98. The minimum Gasteiger partial charge on any atom is -0.331 e. The fourth-order valence-corrected chi connectivity index (χ4v) is 1.80. The maximum absolute atomic E-state index is 6.04. The van der Waals surface area contributed by atoms with Crippen LogP contribution < -0.4 is 10.7 Å². The van der Waals surface area contributed by atoms with E-state index in [0.29, 0.717) is 10.1 Å². The van der Waals surface area contributed by atoms with Gasteiger partial charge in [-0.15, -0.1) is 0 Å². The SMILES string of the molecule is Cc1ccc(NC(=S)N/N=C/c2cccnc2)cc1Cl. The lowest BCUT2D eigenvalue weighted by molar-refractivity contribution is 1.05. The summed E-state index contributed by atoms with van der Waals surface area (Å²) in [7, 11) is 0. The van der Waals surface area contributed by atoms with Crippen molar-refractivity contribution in [3.05, 3.63) is 58.9 Å². The number of nitrogens with zero attached hydrogens (tertiary/aromatic N) is 2. The van der Waals surface area contributed by atoms with Crippen LogP contribution in [0.2, 0.25) is 5.02 Å². The van der Waals surface area contributed by atoms with Gasteiger partial charge in [0.2, 0.25) is 0 Å². The van der Waals surface area contributed by atoms with Gasteiger partial charge in [0.05, 0.1) is 6.21 Å². The van der Waals surface area contributed by atoms with Gasteiger partial charge < -0.3 is 5.32 Å². The minimum absolute atomic E-state index is 0.394. The zero-order chi connectivity index (χ0) is 14.4. The Morgan fingerprint density at radius 2 is 2.25 bits per heavy atom. The number of thiocarbonyl (C=S) groups is 1. The first-order valence-electron chi connectivity index (χ1n) is 5.91. The number of anilines is 1. The van der Waals surface area contributed by atoms with Gasteiger partial charge in [-0.3, -0.25) is 10.4 Å². The van der Waals surface area contributed by atoms with Crippen molar-refractivity contribution < 1.29 is 0 Å². The second-order valence-electron chi connectivity index (χ2n) is 4.07. The van der Waals surface area contributed by atoms with Gasteiger partial charge in [0.1, 0.15) is 0 Å². The van der Waals surface area contributed by atoms with Crippen LogP contribution in [-0.2, 0) is 0 Å². The molecule has 0 unspecified atom stereocenters. The predicted octanol–water partition coefficient (Wildman–Crippen LogP) is 3.36. The first-order valence-corrected chi connectivity index (χ1v) is 6.70. The Labute approximate surface area is 127 Å². The quantitative estimate of drug-likeness (QED) is 0.518. The largest absolute Gasteiger partial charge is 0.331 e. The van der Waals surface area contributed by atoms with E-state index in [1.807, 2.05) is 37.3 Å². The normalized spacial score (nSPS) is 10.5. The van der Waals surface area contributed by atoms with E-state index < -0.39 is 0 Å². The topological polar surface area (TPSA) is 49.3 Å². The lowest BCUT2D eigenvalue weighted by Crippen LogP contribution is -2.23. The fraction of sp³-hybridized carbons (Fsp3) is 0.0714. The summed E-state index contributed by atoms with van der Waals surface area (Å²) in [6.07, 6.45) is 5.06. The van der Waals surface area contributed by atoms with Gasteiger partial charge in [-0.2, -0.15) is 5.10 Å². The third-order valence-corrected chi connectivity index (χ3v) is 3.09. The maximum Gasteiger partial charge on any atom is 0.191 e.